The van der Waals surface area contributed by atoms with Crippen LogP contribution in [-0.4, -0.2) is 24.3 Å². The van der Waals surface area contributed by atoms with E-state index in [1.807, 2.05) is 6.08 Å². The molecule has 0 aromatic rings. The standard InChI is InChI=1S/C18H31BO2/c1-11(2)16(5,6)14-10-9-13(15(20)17(7,8)21)18(14,19)12(3)4/h9-12,21H,19H2,1-8H3. The highest BCUT2D eigenvalue weighted by atomic mass is 16.3. The molecule has 0 radical (unpaired) electrons. The van der Waals surface area contributed by atoms with Crippen LogP contribution in [0.15, 0.2) is 23.3 Å². The van der Waals surface area contributed by atoms with Gasteiger partial charge in [0.25, 0.3) is 0 Å². The highest BCUT2D eigenvalue weighted by molar-refractivity contribution is 6.26. The molecule has 1 aliphatic rings. The van der Waals surface area contributed by atoms with Gasteiger partial charge in [0.1, 0.15) is 13.4 Å². The Morgan fingerprint density at radius 3 is 1.95 bits per heavy atom. The normalized spacial score (nSPS) is 23.6. The monoisotopic (exact) mass is 290 g/mol. The minimum Gasteiger partial charge on any atom is -0.382 e. The highest BCUT2D eigenvalue weighted by Crippen LogP contribution is 2.58. The second-order valence-electron chi connectivity index (χ2n) is 8.28. The van der Waals surface area contributed by atoms with E-state index in [1.165, 1.54) is 5.57 Å². The van der Waals surface area contributed by atoms with E-state index in [9.17, 15) is 9.90 Å². The lowest BCUT2D eigenvalue weighted by Crippen LogP contribution is -2.40. The van der Waals surface area contributed by atoms with Crippen LogP contribution in [0, 0.1) is 17.3 Å². The summed E-state index contributed by atoms with van der Waals surface area (Å²) in [6, 6.07) is 0. The van der Waals surface area contributed by atoms with Crippen molar-refractivity contribution >= 4 is 13.6 Å². The Labute approximate surface area is 131 Å². The number of carbonyl (C=O) groups is 1. The third-order valence-corrected chi connectivity index (χ3v) is 5.63. The van der Waals surface area contributed by atoms with Gasteiger partial charge in [0.15, 0.2) is 5.78 Å². The van der Waals surface area contributed by atoms with Crippen molar-refractivity contribution in [3.63, 3.8) is 0 Å². The summed E-state index contributed by atoms with van der Waals surface area (Å²) in [6.45, 7) is 16.4. The first kappa shape index (κ1) is 18.2. The Morgan fingerprint density at radius 2 is 1.62 bits per heavy atom. The van der Waals surface area contributed by atoms with Crippen LogP contribution < -0.4 is 0 Å². The average molecular weight is 290 g/mol. The van der Waals surface area contributed by atoms with Crippen LogP contribution in [0.3, 0.4) is 0 Å². The molecule has 1 N–H and O–H groups in total. The van der Waals surface area contributed by atoms with E-state index in [-0.39, 0.29) is 16.5 Å². The molecule has 0 aromatic carbocycles. The Hall–Kier alpha value is -0.825. The molecule has 0 amide bonds. The summed E-state index contributed by atoms with van der Waals surface area (Å²) in [4.78, 5) is 12.7. The van der Waals surface area contributed by atoms with Crippen LogP contribution in [0.5, 0.6) is 0 Å². The first-order valence-corrected chi connectivity index (χ1v) is 7.98. The van der Waals surface area contributed by atoms with E-state index in [0.29, 0.717) is 11.8 Å². The Morgan fingerprint density at radius 1 is 1.14 bits per heavy atom. The molecule has 0 aliphatic heterocycles. The van der Waals surface area contributed by atoms with Crippen molar-refractivity contribution < 1.29 is 9.90 Å². The summed E-state index contributed by atoms with van der Waals surface area (Å²) in [6.07, 6.45) is 4.04. The Bertz CT molecular complexity index is 490. The number of hydrogen-bond acceptors (Lipinski definition) is 2. The predicted molar refractivity (Wildman–Crippen MR) is 92.2 cm³/mol. The maximum atomic E-state index is 12.7. The maximum Gasteiger partial charge on any atom is 0.189 e. The molecular formula is C18H31BO2. The minimum absolute atomic E-state index is 0.0111. The molecule has 0 spiro atoms. The second kappa shape index (κ2) is 5.42. The topological polar surface area (TPSA) is 37.3 Å². The maximum absolute atomic E-state index is 12.7. The van der Waals surface area contributed by atoms with E-state index < -0.39 is 5.60 Å². The summed E-state index contributed by atoms with van der Waals surface area (Å²) in [7, 11) is 2.15. The number of Topliss-reactive ketones (excluding diaryl/α,β-unsaturated/α-hetero) is 1. The average Bonchev–Trinajstić information content (AvgIpc) is 2.66. The van der Waals surface area contributed by atoms with Crippen molar-refractivity contribution in [3.8, 4) is 0 Å². The lowest BCUT2D eigenvalue weighted by Gasteiger charge is -2.45. The Balaban J connectivity index is 3.37. The molecule has 1 rings (SSSR count). The van der Waals surface area contributed by atoms with Gasteiger partial charge in [0, 0.05) is 5.57 Å². The van der Waals surface area contributed by atoms with Gasteiger partial charge < -0.3 is 5.11 Å². The van der Waals surface area contributed by atoms with Gasteiger partial charge in [-0.25, -0.2) is 0 Å². The third-order valence-electron chi connectivity index (χ3n) is 5.63. The van der Waals surface area contributed by atoms with Gasteiger partial charge >= 0.3 is 0 Å². The van der Waals surface area contributed by atoms with Gasteiger partial charge in [-0.1, -0.05) is 59.3 Å². The van der Waals surface area contributed by atoms with Crippen LogP contribution >= 0.6 is 0 Å². The number of allylic oxidation sites excluding steroid dienone is 3. The quantitative estimate of drug-likeness (QED) is 0.789. The first-order valence-electron chi connectivity index (χ1n) is 7.98. The van der Waals surface area contributed by atoms with Crippen molar-refractivity contribution in [1.29, 1.82) is 0 Å². The molecule has 118 valence electrons. The first-order chi connectivity index (χ1) is 9.27. The van der Waals surface area contributed by atoms with E-state index in [2.05, 4.69) is 55.5 Å². The lowest BCUT2D eigenvalue weighted by atomic mass is 9.48. The van der Waals surface area contributed by atoms with Crippen LogP contribution in [0.4, 0.5) is 0 Å². The van der Waals surface area contributed by atoms with Gasteiger partial charge in [-0.05, 0) is 36.4 Å². The molecule has 0 heterocycles. The number of carbonyl (C=O) groups excluding carboxylic acids is 1. The van der Waals surface area contributed by atoms with Crippen molar-refractivity contribution in [3.05, 3.63) is 23.3 Å². The molecule has 1 atom stereocenters. The molecule has 0 fully saturated rings. The molecule has 3 heteroatoms. The van der Waals surface area contributed by atoms with Gasteiger partial charge in [-0.2, -0.15) is 0 Å². The molecular weight excluding hydrogens is 259 g/mol. The lowest BCUT2D eigenvalue weighted by molar-refractivity contribution is -0.130. The summed E-state index contributed by atoms with van der Waals surface area (Å²) >= 11 is 0. The van der Waals surface area contributed by atoms with Gasteiger partial charge in [-0.3, -0.25) is 4.79 Å². The summed E-state index contributed by atoms with van der Waals surface area (Å²) < 4.78 is 0. The number of rotatable bonds is 5. The van der Waals surface area contributed by atoms with Crippen LogP contribution in [0.25, 0.3) is 0 Å². The molecule has 0 saturated heterocycles. The fourth-order valence-electron chi connectivity index (χ4n) is 3.12. The van der Waals surface area contributed by atoms with Gasteiger partial charge in [0.05, 0.1) is 0 Å². The third kappa shape index (κ3) is 2.90. The van der Waals surface area contributed by atoms with Crippen molar-refractivity contribution in [1.82, 2.24) is 0 Å². The van der Waals surface area contributed by atoms with Crippen LogP contribution in [-0.2, 0) is 4.79 Å². The molecule has 0 aromatic heterocycles. The number of ketones is 1. The largest absolute Gasteiger partial charge is 0.382 e. The van der Waals surface area contributed by atoms with Gasteiger partial charge in [0.2, 0.25) is 0 Å². The zero-order valence-electron chi connectivity index (χ0n) is 15.2. The molecule has 0 saturated carbocycles. The number of aliphatic hydroxyl groups is 1. The molecule has 21 heavy (non-hydrogen) atoms. The van der Waals surface area contributed by atoms with Crippen LogP contribution in [0.2, 0.25) is 5.31 Å². The molecule has 2 nitrogen and oxygen atoms in total. The van der Waals surface area contributed by atoms with Gasteiger partial charge in [-0.15, -0.1) is 0 Å². The SMILES string of the molecule is BC1(C(C)C)C(C(=O)C(C)(C)O)=CC=C1C(C)(C)C(C)C. The minimum atomic E-state index is -1.33. The summed E-state index contributed by atoms with van der Waals surface area (Å²) in [5, 5.41) is 9.83. The van der Waals surface area contributed by atoms with E-state index in [0.717, 1.165) is 5.57 Å². The summed E-state index contributed by atoms with van der Waals surface area (Å²) in [5.74, 6) is 0.609. The Kier molecular flexibility index (Phi) is 4.71. The van der Waals surface area contributed by atoms with Crippen molar-refractivity contribution in [2.75, 3.05) is 0 Å². The highest BCUT2D eigenvalue weighted by Gasteiger charge is 2.49. The van der Waals surface area contributed by atoms with E-state index >= 15 is 0 Å². The predicted octanol–water partition coefficient (Wildman–Crippen LogP) is 3.32. The molecule has 0 bridgehead atoms. The second-order valence-corrected chi connectivity index (χ2v) is 8.28. The fraction of sp³-hybridized carbons (Fsp3) is 0.722. The molecule has 1 unspecified atom stereocenters. The number of hydrogen-bond donors (Lipinski definition) is 1. The van der Waals surface area contributed by atoms with E-state index in [4.69, 9.17) is 0 Å². The van der Waals surface area contributed by atoms with Crippen molar-refractivity contribution in [2.45, 2.75) is 66.3 Å². The van der Waals surface area contributed by atoms with E-state index in [1.54, 1.807) is 13.8 Å². The summed E-state index contributed by atoms with van der Waals surface area (Å²) in [5.41, 5.74) is 0.728. The smallest absolute Gasteiger partial charge is 0.189 e. The van der Waals surface area contributed by atoms with Crippen LogP contribution in [0.1, 0.15) is 55.4 Å². The molecule has 1 aliphatic carbocycles. The zero-order valence-corrected chi connectivity index (χ0v) is 15.2. The fourth-order valence-corrected chi connectivity index (χ4v) is 3.12. The van der Waals surface area contributed by atoms with Crippen molar-refractivity contribution in [2.24, 2.45) is 17.3 Å². The zero-order chi connectivity index (χ0) is 16.8.